The molecule has 6 heteroatoms. The van der Waals surface area contributed by atoms with Crippen molar-refractivity contribution >= 4 is 12.2 Å². The Morgan fingerprint density at radius 2 is 1.09 bits per heavy atom. The molecule has 2 amide bonds. The molecule has 0 aliphatic heterocycles. The van der Waals surface area contributed by atoms with Crippen LogP contribution in [0.3, 0.4) is 0 Å². The van der Waals surface area contributed by atoms with Crippen molar-refractivity contribution in [3.05, 3.63) is 71.8 Å². The molecule has 0 saturated heterocycles. The molecule has 0 aliphatic rings. The van der Waals surface area contributed by atoms with E-state index in [1.165, 1.54) is 0 Å². The molecule has 0 spiro atoms. The van der Waals surface area contributed by atoms with Gasteiger partial charge in [-0.2, -0.15) is 0 Å². The number of amides is 2. The minimum absolute atomic E-state index is 0.0682. The number of hydrogen-bond acceptors (Lipinski definition) is 4. The smallest absolute Gasteiger partial charge is 0.408 e. The molecule has 0 unspecified atom stereocenters. The number of carbonyl (C=O) groups is 2. The lowest BCUT2D eigenvalue weighted by atomic mass is 10.2. The lowest BCUT2D eigenvalue weighted by Crippen LogP contribution is -2.37. The Balaban J connectivity index is 1.57. The van der Waals surface area contributed by atoms with E-state index in [1.807, 2.05) is 60.7 Å². The van der Waals surface area contributed by atoms with Gasteiger partial charge in [0.2, 0.25) is 0 Å². The molecular weight excluding hydrogens is 296 g/mol. The average Bonchev–Trinajstić information content (AvgIpc) is 2.60. The van der Waals surface area contributed by atoms with Crippen LogP contribution < -0.4 is 10.6 Å². The molecule has 0 radical (unpaired) electrons. The lowest BCUT2D eigenvalue weighted by molar-refractivity contribution is 0.131. The van der Waals surface area contributed by atoms with Crippen molar-refractivity contribution in [2.45, 2.75) is 13.2 Å². The first-order chi connectivity index (χ1) is 11.2. The van der Waals surface area contributed by atoms with Crippen molar-refractivity contribution in [1.82, 2.24) is 10.6 Å². The first-order valence-electron chi connectivity index (χ1n) is 7.13. The normalized spacial score (nSPS) is 9.74. The SMILES string of the molecule is O=C(NCNC(=O)OCc1ccccc1)OCc1ccccc1. The Kier molecular flexibility index (Phi) is 6.46. The van der Waals surface area contributed by atoms with Crippen molar-refractivity contribution in [2.24, 2.45) is 0 Å². The van der Waals surface area contributed by atoms with E-state index in [-0.39, 0.29) is 19.9 Å². The molecule has 0 fully saturated rings. The first kappa shape index (κ1) is 16.4. The van der Waals surface area contributed by atoms with E-state index in [4.69, 9.17) is 9.47 Å². The Labute approximate surface area is 134 Å². The van der Waals surface area contributed by atoms with E-state index >= 15 is 0 Å². The van der Waals surface area contributed by atoms with Crippen LogP contribution in [0.4, 0.5) is 9.59 Å². The molecule has 2 rings (SSSR count). The van der Waals surface area contributed by atoms with Crippen molar-refractivity contribution in [2.75, 3.05) is 6.67 Å². The molecule has 120 valence electrons. The summed E-state index contributed by atoms with van der Waals surface area (Å²) in [4.78, 5) is 22.9. The monoisotopic (exact) mass is 314 g/mol. The van der Waals surface area contributed by atoms with Gasteiger partial charge in [0.1, 0.15) is 13.2 Å². The van der Waals surface area contributed by atoms with Crippen LogP contribution in [0.1, 0.15) is 11.1 Å². The summed E-state index contributed by atoms with van der Waals surface area (Å²) in [6, 6.07) is 18.6. The van der Waals surface area contributed by atoms with E-state index in [9.17, 15) is 9.59 Å². The van der Waals surface area contributed by atoms with Gasteiger partial charge in [-0.3, -0.25) is 0 Å². The summed E-state index contributed by atoms with van der Waals surface area (Å²) in [6.45, 7) is 0.275. The zero-order chi connectivity index (χ0) is 16.3. The van der Waals surface area contributed by atoms with Gasteiger partial charge < -0.3 is 20.1 Å². The highest BCUT2D eigenvalue weighted by Crippen LogP contribution is 2.01. The molecular formula is C17H18N2O4. The van der Waals surface area contributed by atoms with Gasteiger partial charge in [0.05, 0.1) is 6.67 Å². The average molecular weight is 314 g/mol. The quantitative estimate of drug-likeness (QED) is 0.804. The predicted octanol–water partition coefficient (Wildman–Crippen LogP) is 2.80. The van der Waals surface area contributed by atoms with Crippen LogP contribution in [-0.4, -0.2) is 18.9 Å². The second-order valence-corrected chi connectivity index (χ2v) is 4.65. The second kappa shape index (κ2) is 9.09. The van der Waals surface area contributed by atoms with Gasteiger partial charge in [-0.05, 0) is 11.1 Å². The standard InChI is InChI=1S/C17H18N2O4/c20-16(22-11-14-7-3-1-4-8-14)18-13-19-17(21)23-12-15-9-5-2-6-10-15/h1-10H,11-13H2,(H,18,20)(H,19,21). The molecule has 2 N–H and O–H groups in total. The van der Waals surface area contributed by atoms with Gasteiger partial charge in [0, 0.05) is 0 Å². The van der Waals surface area contributed by atoms with E-state index in [1.54, 1.807) is 0 Å². The summed E-state index contributed by atoms with van der Waals surface area (Å²) < 4.78 is 9.99. The van der Waals surface area contributed by atoms with Crippen molar-refractivity contribution in [3.63, 3.8) is 0 Å². The molecule has 23 heavy (non-hydrogen) atoms. The molecule has 0 heterocycles. The lowest BCUT2D eigenvalue weighted by Gasteiger charge is -2.09. The third-order valence-electron chi connectivity index (χ3n) is 2.89. The van der Waals surface area contributed by atoms with Gasteiger partial charge in [-0.25, -0.2) is 9.59 Å². The number of hydrogen-bond donors (Lipinski definition) is 2. The fourth-order valence-corrected chi connectivity index (χ4v) is 1.74. The molecule has 0 bridgehead atoms. The fraction of sp³-hybridized carbons (Fsp3) is 0.176. The van der Waals surface area contributed by atoms with Crippen molar-refractivity contribution in [1.29, 1.82) is 0 Å². The highest BCUT2D eigenvalue weighted by molar-refractivity contribution is 5.70. The van der Waals surface area contributed by atoms with E-state index < -0.39 is 12.2 Å². The number of carbonyl (C=O) groups excluding carboxylic acids is 2. The van der Waals surface area contributed by atoms with Gasteiger partial charge >= 0.3 is 12.2 Å². The Hall–Kier alpha value is -3.02. The van der Waals surface area contributed by atoms with Crippen LogP contribution in [0.5, 0.6) is 0 Å². The molecule has 0 aliphatic carbocycles. The highest BCUT2D eigenvalue weighted by atomic mass is 16.6. The molecule has 0 atom stereocenters. The molecule has 0 aromatic heterocycles. The Morgan fingerprint density at radius 3 is 1.48 bits per heavy atom. The summed E-state index contributed by atoms with van der Waals surface area (Å²) in [5.74, 6) is 0. The van der Waals surface area contributed by atoms with Crippen molar-refractivity contribution < 1.29 is 19.1 Å². The molecule has 2 aromatic rings. The molecule has 2 aromatic carbocycles. The fourth-order valence-electron chi connectivity index (χ4n) is 1.74. The van der Waals surface area contributed by atoms with Crippen LogP contribution in [0, 0.1) is 0 Å². The summed E-state index contributed by atoms with van der Waals surface area (Å²) in [5, 5.41) is 4.82. The molecule has 6 nitrogen and oxygen atoms in total. The summed E-state index contributed by atoms with van der Waals surface area (Å²) >= 11 is 0. The number of ether oxygens (including phenoxy) is 2. The van der Waals surface area contributed by atoms with Gasteiger partial charge in [-0.1, -0.05) is 60.7 Å². The zero-order valence-corrected chi connectivity index (χ0v) is 12.5. The van der Waals surface area contributed by atoms with E-state index in [0.717, 1.165) is 11.1 Å². The number of alkyl carbamates (subject to hydrolysis) is 2. The van der Waals surface area contributed by atoms with Crippen LogP contribution in [-0.2, 0) is 22.7 Å². The summed E-state index contributed by atoms with van der Waals surface area (Å²) in [7, 11) is 0. The second-order valence-electron chi connectivity index (χ2n) is 4.65. The van der Waals surface area contributed by atoms with Crippen molar-refractivity contribution in [3.8, 4) is 0 Å². The largest absolute Gasteiger partial charge is 0.445 e. The Bertz CT molecular complexity index is 562. The number of benzene rings is 2. The van der Waals surface area contributed by atoms with Crippen LogP contribution in [0.15, 0.2) is 60.7 Å². The van der Waals surface area contributed by atoms with E-state index in [2.05, 4.69) is 10.6 Å². The summed E-state index contributed by atoms with van der Waals surface area (Å²) in [6.07, 6.45) is -1.23. The highest BCUT2D eigenvalue weighted by Gasteiger charge is 2.05. The third-order valence-corrected chi connectivity index (χ3v) is 2.89. The maximum absolute atomic E-state index is 11.5. The topological polar surface area (TPSA) is 76.7 Å². The van der Waals surface area contributed by atoms with Gasteiger partial charge in [0.25, 0.3) is 0 Å². The minimum atomic E-state index is -0.614. The maximum Gasteiger partial charge on any atom is 0.408 e. The summed E-state index contributed by atoms with van der Waals surface area (Å²) in [5.41, 5.74) is 1.77. The minimum Gasteiger partial charge on any atom is -0.445 e. The predicted molar refractivity (Wildman–Crippen MR) is 84.4 cm³/mol. The Morgan fingerprint density at radius 1 is 0.696 bits per heavy atom. The third kappa shape index (κ3) is 6.52. The van der Waals surface area contributed by atoms with Crippen LogP contribution >= 0.6 is 0 Å². The van der Waals surface area contributed by atoms with E-state index in [0.29, 0.717) is 0 Å². The van der Waals surface area contributed by atoms with Crippen LogP contribution in [0.2, 0.25) is 0 Å². The first-order valence-corrected chi connectivity index (χ1v) is 7.13. The van der Waals surface area contributed by atoms with Gasteiger partial charge in [-0.15, -0.1) is 0 Å². The number of nitrogens with one attached hydrogen (secondary N) is 2. The number of rotatable bonds is 6. The van der Waals surface area contributed by atoms with Crippen LogP contribution in [0.25, 0.3) is 0 Å². The van der Waals surface area contributed by atoms with Gasteiger partial charge in [0.15, 0.2) is 0 Å². The zero-order valence-electron chi connectivity index (χ0n) is 12.5. The molecule has 0 saturated carbocycles. The maximum atomic E-state index is 11.5.